The number of hydrogen-bond acceptors (Lipinski definition) is 4. The summed E-state index contributed by atoms with van der Waals surface area (Å²) in [5.74, 6) is -1.56. The van der Waals surface area contributed by atoms with Crippen molar-refractivity contribution in [2.45, 2.75) is 19.6 Å². The van der Waals surface area contributed by atoms with Crippen LogP contribution in [0.15, 0.2) is 10.6 Å². The summed E-state index contributed by atoms with van der Waals surface area (Å²) >= 11 is 0. The van der Waals surface area contributed by atoms with Crippen LogP contribution >= 0.6 is 0 Å². The molecule has 0 amide bonds. The second kappa shape index (κ2) is 4.99. The molecule has 0 bridgehead atoms. The van der Waals surface area contributed by atoms with E-state index in [0.717, 1.165) is 0 Å². The summed E-state index contributed by atoms with van der Waals surface area (Å²) < 4.78 is 41.2. The van der Waals surface area contributed by atoms with E-state index in [-0.39, 0.29) is 6.54 Å². The molecule has 0 aliphatic rings. The molecule has 0 aliphatic heterocycles. The van der Waals surface area contributed by atoms with E-state index in [0.29, 0.717) is 11.5 Å². The molecule has 88 valence electrons. The van der Waals surface area contributed by atoms with Crippen molar-refractivity contribution in [1.82, 2.24) is 10.5 Å². The van der Waals surface area contributed by atoms with Gasteiger partial charge in [0, 0.05) is 12.6 Å². The minimum atomic E-state index is -4.50. The van der Waals surface area contributed by atoms with Gasteiger partial charge in [-0.25, -0.2) is 0 Å². The Morgan fingerprint density at radius 3 is 2.75 bits per heavy atom. The monoisotopic (exact) mass is 233 g/mol. The molecule has 0 saturated heterocycles. The third-order valence-electron chi connectivity index (χ3n) is 1.88. The number of nitriles is 1. The second-order valence-corrected chi connectivity index (χ2v) is 3.29. The van der Waals surface area contributed by atoms with Gasteiger partial charge in [0.25, 0.3) is 0 Å². The van der Waals surface area contributed by atoms with E-state index in [2.05, 4.69) is 10.5 Å². The Morgan fingerprint density at radius 2 is 2.31 bits per heavy atom. The zero-order chi connectivity index (χ0) is 12.2. The molecule has 1 heterocycles. The lowest BCUT2D eigenvalue weighted by molar-refractivity contribution is -0.157. The summed E-state index contributed by atoms with van der Waals surface area (Å²) in [5, 5.41) is 14.4. The maximum absolute atomic E-state index is 12.2. The molecule has 1 aromatic heterocycles. The lowest BCUT2D eigenvalue weighted by Gasteiger charge is -2.12. The first-order valence-corrected chi connectivity index (χ1v) is 4.52. The third kappa shape index (κ3) is 3.55. The van der Waals surface area contributed by atoms with Gasteiger partial charge in [-0.1, -0.05) is 5.16 Å². The zero-order valence-electron chi connectivity index (χ0n) is 8.51. The fourth-order valence-corrected chi connectivity index (χ4v) is 1.07. The predicted molar refractivity (Wildman–Crippen MR) is 48.1 cm³/mol. The number of halogens is 3. The Bertz CT molecular complexity index is 380. The molecule has 1 N–H and O–H groups in total. The van der Waals surface area contributed by atoms with E-state index in [1.807, 2.05) is 0 Å². The van der Waals surface area contributed by atoms with Crippen LogP contribution in [0.4, 0.5) is 13.2 Å². The molecule has 0 spiro atoms. The van der Waals surface area contributed by atoms with Crippen LogP contribution in [-0.4, -0.2) is 17.9 Å². The van der Waals surface area contributed by atoms with Gasteiger partial charge < -0.3 is 9.84 Å². The van der Waals surface area contributed by atoms with Crippen molar-refractivity contribution in [3.63, 3.8) is 0 Å². The third-order valence-corrected chi connectivity index (χ3v) is 1.88. The molecule has 1 unspecified atom stereocenters. The molecule has 16 heavy (non-hydrogen) atoms. The van der Waals surface area contributed by atoms with Gasteiger partial charge in [0.15, 0.2) is 11.7 Å². The summed E-state index contributed by atoms with van der Waals surface area (Å²) in [6.07, 6.45) is -4.50. The predicted octanol–water partition coefficient (Wildman–Crippen LogP) is 1.77. The maximum atomic E-state index is 12.2. The van der Waals surface area contributed by atoms with Crippen molar-refractivity contribution in [3.05, 3.63) is 17.5 Å². The Morgan fingerprint density at radius 1 is 1.62 bits per heavy atom. The van der Waals surface area contributed by atoms with Crippen molar-refractivity contribution in [2.75, 3.05) is 6.54 Å². The quantitative estimate of drug-likeness (QED) is 0.860. The van der Waals surface area contributed by atoms with Crippen LogP contribution in [0.2, 0.25) is 0 Å². The summed E-state index contributed by atoms with van der Waals surface area (Å²) in [7, 11) is 0. The van der Waals surface area contributed by atoms with Crippen LogP contribution in [0.5, 0.6) is 0 Å². The van der Waals surface area contributed by atoms with E-state index in [1.165, 1.54) is 6.07 Å². The number of rotatable bonds is 4. The van der Waals surface area contributed by atoms with Gasteiger partial charge in [0.2, 0.25) is 0 Å². The first kappa shape index (κ1) is 12.5. The van der Waals surface area contributed by atoms with Crippen LogP contribution < -0.4 is 5.32 Å². The standard InChI is InChI=1S/C9H10F3N3O/c1-6-2-8(16-15-6)5-14-4-7(3-13)9(10,11)12/h2,7,14H,4-5H2,1H3. The van der Waals surface area contributed by atoms with Crippen molar-refractivity contribution < 1.29 is 17.7 Å². The Balaban J connectivity index is 2.38. The second-order valence-electron chi connectivity index (χ2n) is 3.29. The van der Waals surface area contributed by atoms with E-state index in [4.69, 9.17) is 9.78 Å². The number of nitrogens with zero attached hydrogens (tertiary/aromatic N) is 2. The zero-order valence-corrected chi connectivity index (χ0v) is 8.51. The lowest BCUT2D eigenvalue weighted by atomic mass is 10.1. The molecular weight excluding hydrogens is 223 g/mol. The summed E-state index contributed by atoms with van der Waals surface area (Å²) in [4.78, 5) is 0. The summed E-state index contributed by atoms with van der Waals surface area (Å²) in [6, 6.07) is 2.81. The molecule has 0 aliphatic carbocycles. The SMILES string of the molecule is Cc1cc(CNCC(C#N)C(F)(F)F)on1. The average molecular weight is 233 g/mol. The number of hydrogen-bond donors (Lipinski definition) is 1. The summed E-state index contributed by atoms with van der Waals surface area (Å²) in [6.45, 7) is 1.37. The van der Waals surface area contributed by atoms with Crippen molar-refractivity contribution in [2.24, 2.45) is 5.92 Å². The normalized spacial score (nSPS) is 13.4. The highest BCUT2D eigenvalue weighted by molar-refractivity contribution is 5.02. The van der Waals surface area contributed by atoms with Crippen LogP contribution in [0.3, 0.4) is 0 Å². The molecule has 4 nitrogen and oxygen atoms in total. The van der Waals surface area contributed by atoms with Crippen molar-refractivity contribution >= 4 is 0 Å². The van der Waals surface area contributed by atoms with Crippen LogP contribution in [0.25, 0.3) is 0 Å². The topological polar surface area (TPSA) is 61.9 Å². The highest BCUT2D eigenvalue weighted by Crippen LogP contribution is 2.24. The summed E-state index contributed by atoms with van der Waals surface area (Å²) in [5.41, 5.74) is 0.657. The fourth-order valence-electron chi connectivity index (χ4n) is 1.07. The van der Waals surface area contributed by atoms with Crippen molar-refractivity contribution in [1.29, 1.82) is 5.26 Å². The van der Waals surface area contributed by atoms with Gasteiger partial charge in [-0.2, -0.15) is 18.4 Å². The van der Waals surface area contributed by atoms with Gasteiger partial charge in [-0.05, 0) is 6.92 Å². The smallest absolute Gasteiger partial charge is 0.360 e. The molecule has 7 heteroatoms. The van der Waals surface area contributed by atoms with Crippen LogP contribution in [0, 0.1) is 24.2 Å². The molecule has 0 aromatic carbocycles. The fraction of sp³-hybridized carbons (Fsp3) is 0.556. The first-order chi connectivity index (χ1) is 7.43. The molecule has 0 radical (unpaired) electrons. The molecule has 1 atom stereocenters. The van der Waals surface area contributed by atoms with E-state index in [1.54, 1.807) is 13.0 Å². The first-order valence-electron chi connectivity index (χ1n) is 4.52. The largest absolute Gasteiger partial charge is 0.405 e. The lowest BCUT2D eigenvalue weighted by Crippen LogP contribution is -2.32. The van der Waals surface area contributed by atoms with Gasteiger partial charge in [-0.3, -0.25) is 0 Å². The minimum absolute atomic E-state index is 0.120. The van der Waals surface area contributed by atoms with Gasteiger partial charge in [-0.15, -0.1) is 0 Å². The molecule has 1 rings (SSSR count). The number of nitrogens with one attached hydrogen (secondary N) is 1. The van der Waals surface area contributed by atoms with Gasteiger partial charge >= 0.3 is 6.18 Å². The molecule has 1 aromatic rings. The van der Waals surface area contributed by atoms with Gasteiger partial charge in [0.05, 0.1) is 18.3 Å². The minimum Gasteiger partial charge on any atom is -0.360 e. The average Bonchev–Trinajstić information content (AvgIpc) is 2.57. The van der Waals surface area contributed by atoms with Crippen molar-refractivity contribution in [3.8, 4) is 6.07 Å². The van der Waals surface area contributed by atoms with Gasteiger partial charge in [0.1, 0.15) is 0 Å². The maximum Gasteiger partial charge on any atom is 0.405 e. The van der Waals surface area contributed by atoms with E-state index >= 15 is 0 Å². The molecule has 0 saturated carbocycles. The Kier molecular flexibility index (Phi) is 3.90. The van der Waals surface area contributed by atoms with E-state index in [9.17, 15) is 13.2 Å². The Hall–Kier alpha value is -1.55. The highest BCUT2D eigenvalue weighted by Gasteiger charge is 2.39. The number of aryl methyl sites for hydroxylation is 1. The molecule has 0 fully saturated rings. The van der Waals surface area contributed by atoms with Crippen LogP contribution in [0.1, 0.15) is 11.5 Å². The highest BCUT2D eigenvalue weighted by atomic mass is 19.4. The number of alkyl halides is 3. The van der Waals surface area contributed by atoms with Crippen LogP contribution in [-0.2, 0) is 6.54 Å². The van der Waals surface area contributed by atoms with E-state index < -0.39 is 18.6 Å². The number of aromatic nitrogens is 1. The Labute approximate surface area is 90.0 Å². The molecular formula is C9H10F3N3O.